The van der Waals surface area contributed by atoms with Crippen molar-refractivity contribution in [2.24, 2.45) is 0 Å². The lowest BCUT2D eigenvalue weighted by atomic mass is 9.94. The molecule has 0 atom stereocenters. The van der Waals surface area contributed by atoms with Crippen molar-refractivity contribution in [1.82, 2.24) is 0 Å². The van der Waals surface area contributed by atoms with Gasteiger partial charge in [-0.2, -0.15) is 0 Å². The second-order valence-electron chi connectivity index (χ2n) is 4.77. The summed E-state index contributed by atoms with van der Waals surface area (Å²) in [5.41, 5.74) is 8.49. The Morgan fingerprint density at radius 1 is 1.05 bits per heavy atom. The number of rotatable bonds is 4. The molecule has 0 amide bonds. The molecule has 0 fully saturated rings. The Kier molecular flexibility index (Phi) is 4.18. The number of ketones is 1. The highest BCUT2D eigenvalue weighted by Crippen LogP contribution is 2.21. The molecule has 0 aromatic heterocycles. The van der Waals surface area contributed by atoms with E-state index in [2.05, 4.69) is 0 Å². The number of nitrogen functional groups attached to an aromatic ring is 1. The number of nitrogens with two attached hydrogens (primary N) is 1. The molecule has 0 saturated carbocycles. The van der Waals surface area contributed by atoms with Gasteiger partial charge in [0.25, 0.3) is 0 Å². The summed E-state index contributed by atoms with van der Waals surface area (Å²) < 4.78 is 13.9. The van der Waals surface area contributed by atoms with Crippen LogP contribution in [0.25, 0.3) is 0 Å². The molecular formula is C17H18FNO. The predicted molar refractivity (Wildman–Crippen MR) is 79.4 cm³/mol. The molecule has 0 saturated heterocycles. The Hall–Kier alpha value is -2.16. The molecule has 0 heterocycles. The van der Waals surface area contributed by atoms with E-state index < -0.39 is 5.82 Å². The van der Waals surface area contributed by atoms with E-state index in [-0.39, 0.29) is 11.3 Å². The Labute approximate surface area is 118 Å². The van der Waals surface area contributed by atoms with E-state index in [1.54, 1.807) is 6.07 Å². The van der Waals surface area contributed by atoms with Crippen LogP contribution in [0.5, 0.6) is 0 Å². The van der Waals surface area contributed by atoms with Gasteiger partial charge in [-0.3, -0.25) is 4.79 Å². The first-order valence-corrected chi connectivity index (χ1v) is 6.78. The fraction of sp³-hybridized carbons (Fsp3) is 0.235. The molecule has 0 radical (unpaired) electrons. The first-order chi connectivity index (χ1) is 9.56. The lowest BCUT2D eigenvalue weighted by Gasteiger charge is -2.10. The molecule has 104 valence electrons. The van der Waals surface area contributed by atoms with Gasteiger partial charge in [0.05, 0.1) is 5.56 Å². The van der Waals surface area contributed by atoms with Gasteiger partial charge in [0.15, 0.2) is 5.78 Å². The molecule has 0 unspecified atom stereocenters. The highest BCUT2D eigenvalue weighted by atomic mass is 19.1. The summed E-state index contributed by atoms with van der Waals surface area (Å²) in [5.74, 6) is -0.853. The summed E-state index contributed by atoms with van der Waals surface area (Å²) in [6.07, 6.45) is 1.58. The van der Waals surface area contributed by atoms with Crippen LogP contribution in [0.1, 0.15) is 40.9 Å². The maximum atomic E-state index is 13.9. The van der Waals surface area contributed by atoms with Gasteiger partial charge in [-0.05, 0) is 48.2 Å². The molecule has 2 rings (SSSR count). The van der Waals surface area contributed by atoms with Crippen molar-refractivity contribution in [3.05, 3.63) is 64.5 Å². The first-order valence-electron chi connectivity index (χ1n) is 6.78. The van der Waals surface area contributed by atoms with E-state index in [0.29, 0.717) is 11.3 Å². The second kappa shape index (κ2) is 5.87. The normalized spacial score (nSPS) is 10.6. The van der Waals surface area contributed by atoms with Crippen LogP contribution >= 0.6 is 0 Å². The fourth-order valence-electron chi connectivity index (χ4n) is 2.22. The SMILES string of the molecule is CCc1ccc(CC)c(C(=O)c2ccc(N)cc2F)c1. The van der Waals surface area contributed by atoms with E-state index >= 15 is 0 Å². The van der Waals surface area contributed by atoms with Crippen LogP contribution in [0.3, 0.4) is 0 Å². The van der Waals surface area contributed by atoms with Gasteiger partial charge in [-0.1, -0.05) is 26.0 Å². The van der Waals surface area contributed by atoms with Crippen LogP contribution in [0.15, 0.2) is 36.4 Å². The van der Waals surface area contributed by atoms with E-state index in [9.17, 15) is 9.18 Å². The largest absolute Gasteiger partial charge is 0.399 e. The Balaban J connectivity index is 2.51. The summed E-state index contributed by atoms with van der Waals surface area (Å²) in [6, 6.07) is 9.99. The predicted octanol–water partition coefficient (Wildman–Crippen LogP) is 3.76. The first kappa shape index (κ1) is 14.3. The van der Waals surface area contributed by atoms with Crippen LogP contribution in [0.2, 0.25) is 0 Å². The van der Waals surface area contributed by atoms with Gasteiger partial charge < -0.3 is 5.73 Å². The van der Waals surface area contributed by atoms with Crippen molar-refractivity contribution >= 4 is 11.5 Å². The third-order valence-electron chi connectivity index (χ3n) is 3.45. The molecule has 0 spiro atoms. The summed E-state index contributed by atoms with van der Waals surface area (Å²) in [7, 11) is 0. The molecule has 2 aromatic rings. The molecule has 0 aliphatic heterocycles. The van der Waals surface area contributed by atoms with Crippen LogP contribution in [-0.2, 0) is 12.8 Å². The Bertz CT molecular complexity index is 649. The van der Waals surface area contributed by atoms with Crippen molar-refractivity contribution in [2.75, 3.05) is 5.73 Å². The van der Waals surface area contributed by atoms with Crippen LogP contribution in [0, 0.1) is 5.82 Å². The minimum Gasteiger partial charge on any atom is -0.399 e. The zero-order chi connectivity index (χ0) is 14.7. The topological polar surface area (TPSA) is 43.1 Å². The van der Waals surface area contributed by atoms with Crippen molar-refractivity contribution in [3.63, 3.8) is 0 Å². The van der Waals surface area contributed by atoms with Gasteiger partial charge in [-0.25, -0.2) is 4.39 Å². The number of halogens is 1. The van der Waals surface area contributed by atoms with Crippen molar-refractivity contribution in [2.45, 2.75) is 26.7 Å². The van der Waals surface area contributed by atoms with Gasteiger partial charge in [0, 0.05) is 11.3 Å². The highest BCUT2D eigenvalue weighted by Gasteiger charge is 2.17. The van der Waals surface area contributed by atoms with E-state index in [1.807, 2.05) is 32.0 Å². The Morgan fingerprint density at radius 3 is 2.40 bits per heavy atom. The number of carbonyl (C=O) groups is 1. The number of benzene rings is 2. The molecule has 0 aliphatic rings. The van der Waals surface area contributed by atoms with Crippen LogP contribution in [-0.4, -0.2) is 5.78 Å². The highest BCUT2D eigenvalue weighted by molar-refractivity contribution is 6.10. The lowest BCUT2D eigenvalue weighted by Crippen LogP contribution is -2.08. The van der Waals surface area contributed by atoms with Gasteiger partial charge in [0.1, 0.15) is 5.82 Å². The molecule has 0 bridgehead atoms. The third-order valence-corrected chi connectivity index (χ3v) is 3.45. The minimum atomic E-state index is -0.570. The summed E-state index contributed by atoms with van der Waals surface area (Å²) in [6.45, 7) is 4.01. The third kappa shape index (κ3) is 2.72. The average molecular weight is 271 g/mol. The monoisotopic (exact) mass is 271 g/mol. The summed E-state index contributed by atoms with van der Waals surface area (Å²) >= 11 is 0. The van der Waals surface area contributed by atoms with Gasteiger partial charge in [-0.15, -0.1) is 0 Å². The van der Waals surface area contributed by atoms with Crippen LogP contribution < -0.4 is 5.73 Å². The van der Waals surface area contributed by atoms with E-state index in [4.69, 9.17) is 5.73 Å². The van der Waals surface area contributed by atoms with E-state index in [1.165, 1.54) is 12.1 Å². The summed E-state index contributed by atoms with van der Waals surface area (Å²) in [4.78, 5) is 12.5. The van der Waals surface area contributed by atoms with Crippen molar-refractivity contribution < 1.29 is 9.18 Å². The smallest absolute Gasteiger partial charge is 0.196 e. The minimum absolute atomic E-state index is 0.0714. The molecule has 20 heavy (non-hydrogen) atoms. The zero-order valence-electron chi connectivity index (χ0n) is 11.7. The maximum absolute atomic E-state index is 13.9. The standard InChI is InChI=1S/C17H18FNO/c1-3-11-5-6-12(4-2)15(9-11)17(20)14-8-7-13(19)10-16(14)18/h5-10H,3-4,19H2,1-2H3. The second-order valence-corrected chi connectivity index (χ2v) is 4.77. The summed E-state index contributed by atoms with van der Waals surface area (Å²) in [5, 5.41) is 0. The molecular weight excluding hydrogens is 253 g/mol. The van der Waals surface area contributed by atoms with E-state index in [0.717, 1.165) is 24.0 Å². The quantitative estimate of drug-likeness (QED) is 0.679. The van der Waals surface area contributed by atoms with Crippen molar-refractivity contribution in [3.8, 4) is 0 Å². The lowest BCUT2D eigenvalue weighted by molar-refractivity contribution is 0.103. The average Bonchev–Trinajstić information content (AvgIpc) is 2.46. The molecule has 3 heteroatoms. The molecule has 2 N–H and O–H groups in total. The number of carbonyl (C=O) groups excluding carboxylic acids is 1. The van der Waals surface area contributed by atoms with Gasteiger partial charge >= 0.3 is 0 Å². The molecule has 0 aliphatic carbocycles. The maximum Gasteiger partial charge on any atom is 0.196 e. The zero-order valence-corrected chi connectivity index (χ0v) is 11.7. The number of hydrogen-bond donors (Lipinski definition) is 1. The fourth-order valence-corrected chi connectivity index (χ4v) is 2.22. The van der Waals surface area contributed by atoms with Gasteiger partial charge in [0.2, 0.25) is 0 Å². The Morgan fingerprint density at radius 2 is 1.80 bits per heavy atom. The number of anilines is 1. The number of hydrogen-bond acceptors (Lipinski definition) is 2. The number of aryl methyl sites for hydroxylation is 2. The molecule has 2 nitrogen and oxygen atoms in total. The van der Waals surface area contributed by atoms with Crippen molar-refractivity contribution in [1.29, 1.82) is 0 Å². The van der Waals surface area contributed by atoms with Crippen LogP contribution in [0.4, 0.5) is 10.1 Å². The molecule has 2 aromatic carbocycles.